The minimum atomic E-state index is -1.13. The summed E-state index contributed by atoms with van der Waals surface area (Å²) in [5.41, 5.74) is 1.31. The minimum Gasteiger partial charge on any atom is -0.481 e. The summed E-state index contributed by atoms with van der Waals surface area (Å²) in [5, 5.41) is 17.3. The summed E-state index contributed by atoms with van der Waals surface area (Å²) in [5.74, 6) is -2.62. The molecule has 112 valence electrons. The number of carboxylic acids is 2. The average Bonchev–Trinajstić information content (AvgIpc) is 2.43. The van der Waals surface area contributed by atoms with Gasteiger partial charge in [-0.05, 0) is 36.6 Å². The number of ether oxygens (including phenoxy) is 1. The molecule has 0 bridgehead atoms. The first-order valence-electron chi connectivity index (χ1n) is 6.37. The van der Waals surface area contributed by atoms with Crippen LogP contribution in [0.3, 0.4) is 0 Å². The third-order valence-electron chi connectivity index (χ3n) is 2.65. The van der Waals surface area contributed by atoms with E-state index in [1.54, 1.807) is 19.1 Å². The highest BCUT2D eigenvalue weighted by molar-refractivity contribution is 5.95. The number of aliphatic carboxylic acids is 2. The lowest BCUT2D eigenvalue weighted by molar-refractivity contribution is -0.137. The normalized spacial score (nSPS) is 10.5. The van der Waals surface area contributed by atoms with Crippen molar-refractivity contribution < 1.29 is 29.3 Å². The fourth-order valence-electron chi connectivity index (χ4n) is 1.70. The number of benzene rings is 1. The summed E-state index contributed by atoms with van der Waals surface area (Å²) in [6, 6.07) is 4.76. The predicted molar refractivity (Wildman–Crippen MR) is 75.0 cm³/mol. The Morgan fingerprint density at radius 1 is 1.24 bits per heavy atom. The van der Waals surface area contributed by atoms with Gasteiger partial charge < -0.3 is 14.9 Å². The van der Waals surface area contributed by atoms with Crippen LogP contribution in [0.15, 0.2) is 24.3 Å². The van der Waals surface area contributed by atoms with E-state index < -0.39 is 17.9 Å². The molecule has 0 saturated carbocycles. The van der Waals surface area contributed by atoms with Crippen LogP contribution in [0, 0.1) is 0 Å². The molecule has 2 N–H and O–H groups in total. The largest absolute Gasteiger partial charge is 0.481 e. The van der Waals surface area contributed by atoms with E-state index in [1.807, 2.05) is 0 Å². The lowest BCUT2D eigenvalue weighted by Crippen LogP contribution is -2.08. The van der Waals surface area contributed by atoms with E-state index in [4.69, 9.17) is 14.9 Å². The van der Waals surface area contributed by atoms with Gasteiger partial charge in [0.05, 0.1) is 12.2 Å². The molecule has 0 aliphatic heterocycles. The van der Waals surface area contributed by atoms with Crippen molar-refractivity contribution in [2.75, 3.05) is 6.61 Å². The summed E-state index contributed by atoms with van der Waals surface area (Å²) in [4.78, 5) is 33.0. The molecule has 0 spiro atoms. The number of rotatable bonds is 7. The summed E-state index contributed by atoms with van der Waals surface area (Å²) < 4.78 is 4.92. The molecule has 0 amide bonds. The second-order valence-electron chi connectivity index (χ2n) is 4.21. The van der Waals surface area contributed by atoms with Crippen LogP contribution < -0.4 is 0 Å². The molecule has 21 heavy (non-hydrogen) atoms. The average molecular weight is 292 g/mol. The number of esters is 1. The Morgan fingerprint density at radius 3 is 2.52 bits per heavy atom. The van der Waals surface area contributed by atoms with Crippen LogP contribution in [0.2, 0.25) is 0 Å². The number of hydrogen-bond acceptors (Lipinski definition) is 4. The molecule has 0 aliphatic rings. The fourth-order valence-corrected chi connectivity index (χ4v) is 1.70. The van der Waals surface area contributed by atoms with Crippen LogP contribution in [-0.4, -0.2) is 34.7 Å². The van der Waals surface area contributed by atoms with Crippen LogP contribution in [0.5, 0.6) is 0 Å². The van der Waals surface area contributed by atoms with Gasteiger partial charge in [0, 0.05) is 12.5 Å². The van der Waals surface area contributed by atoms with Gasteiger partial charge in [-0.1, -0.05) is 12.1 Å². The van der Waals surface area contributed by atoms with Gasteiger partial charge in [-0.15, -0.1) is 0 Å². The van der Waals surface area contributed by atoms with Gasteiger partial charge in [-0.3, -0.25) is 4.79 Å². The maximum Gasteiger partial charge on any atom is 0.338 e. The van der Waals surface area contributed by atoms with E-state index in [9.17, 15) is 14.4 Å². The maximum atomic E-state index is 11.9. The van der Waals surface area contributed by atoms with Crippen molar-refractivity contribution in [3.8, 4) is 0 Å². The van der Waals surface area contributed by atoms with E-state index in [2.05, 4.69) is 0 Å². The van der Waals surface area contributed by atoms with Crippen molar-refractivity contribution in [1.82, 2.24) is 0 Å². The van der Waals surface area contributed by atoms with Gasteiger partial charge in [0.2, 0.25) is 0 Å². The maximum absolute atomic E-state index is 11.9. The van der Waals surface area contributed by atoms with Gasteiger partial charge in [0.15, 0.2) is 0 Å². The minimum absolute atomic E-state index is 0.0490. The lowest BCUT2D eigenvalue weighted by atomic mass is 10.0. The van der Waals surface area contributed by atoms with Crippen molar-refractivity contribution in [3.63, 3.8) is 0 Å². The monoisotopic (exact) mass is 292 g/mol. The topological polar surface area (TPSA) is 101 Å². The summed E-state index contributed by atoms with van der Waals surface area (Å²) >= 11 is 0. The number of carbonyl (C=O) groups is 3. The van der Waals surface area contributed by atoms with Crippen molar-refractivity contribution in [1.29, 1.82) is 0 Å². The van der Waals surface area contributed by atoms with Crippen molar-refractivity contribution >= 4 is 24.0 Å². The molecule has 6 heteroatoms. The molecule has 6 nitrogen and oxygen atoms in total. The zero-order valence-electron chi connectivity index (χ0n) is 11.5. The van der Waals surface area contributed by atoms with Crippen molar-refractivity contribution in [2.24, 2.45) is 0 Å². The first-order chi connectivity index (χ1) is 9.93. The Bertz CT molecular complexity index is 574. The molecule has 0 atom stereocenters. The molecular weight excluding hydrogens is 276 g/mol. The Balaban J connectivity index is 3.09. The zero-order chi connectivity index (χ0) is 15.8. The number of hydrogen-bond donors (Lipinski definition) is 2. The molecule has 0 fully saturated rings. The van der Waals surface area contributed by atoms with Gasteiger partial charge in [0.1, 0.15) is 0 Å². The summed E-state index contributed by atoms with van der Waals surface area (Å²) in [6.07, 6.45) is 2.46. The Labute approximate surface area is 121 Å². The molecule has 0 aromatic heterocycles. The third kappa shape index (κ3) is 5.48. The number of carbonyl (C=O) groups excluding carboxylic acids is 1. The second kappa shape index (κ2) is 7.84. The molecule has 1 aromatic rings. The smallest absolute Gasteiger partial charge is 0.338 e. The number of aryl methyl sites for hydroxylation is 1. The molecular formula is C15H16O6. The van der Waals surface area contributed by atoms with Gasteiger partial charge in [-0.25, -0.2) is 9.59 Å². The van der Waals surface area contributed by atoms with Gasteiger partial charge in [-0.2, -0.15) is 0 Å². The molecule has 1 aromatic carbocycles. The van der Waals surface area contributed by atoms with E-state index in [-0.39, 0.29) is 25.0 Å². The fraction of sp³-hybridized carbons (Fsp3) is 0.267. The second-order valence-corrected chi connectivity index (χ2v) is 4.21. The van der Waals surface area contributed by atoms with E-state index in [1.165, 1.54) is 12.1 Å². The van der Waals surface area contributed by atoms with Crippen LogP contribution in [0.1, 0.15) is 34.8 Å². The lowest BCUT2D eigenvalue weighted by Gasteiger charge is -2.08. The highest BCUT2D eigenvalue weighted by Crippen LogP contribution is 2.17. The molecule has 0 radical (unpaired) electrons. The van der Waals surface area contributed by atoms with E-state index in [0.717, 1.165) is 6.08 Å². The summed E-state index contributed by atoms with van der Waals surface area (Å²) in [7, 11) is 0. The quantitative estimate of drug-likeness (QED) is 0.588. The van der Waals surface area contributed by atoms with E-state index in [0.29, 0.717) is 11.1 Å². The zero-order valence-corrected chi connectivity index (χ0v) is 11.5. The summed E-state index contributed by atoms with van der Waals surface area (Å²) in [6.45, 7) is 1.86. The predicted octanol–water partition coefficient (Wildman–Crippen LogP) is 1.98. The van der Waals surface area contributed by atoms with Gasteiger partial charge >= 0.3 is 17.9 Å². The SMILES string of the molecule is CCOC(=O)c1cc(CCC(=O)O)ccc1/C=C/C(=O)O. The van der Waals surface area contributed by atoms with Crippen molar-refractivity contribution in [2.45, 2.75) is 19.8 Å². The van der Waals surface area contributed by atoms with Crippen LogP contribution in [0.25, 0.3) is 6.08 Å². The molecule has 0 unspecified atom stereocenters. The molecule has 0 aliphatic carbocycles. The molecule has 0 heterocycles. The highest BCUT2D eigenvalue weighted by atomic mass is 16.5. The third-order valence-corrected chi connectivity index (χ3v) is 2.65. The number of carboxylic acid groups (broad SMARTS) is 2. The standard InChI is InChI=1S/C15H16O6/c1-2-21-15(20)12-9-10(4-7-13(16)17)3-5-11(12)6-8-14(18)19/h3,5-6,8-9H,2,4,7H2,1H3,(H,16,17)(H,18,19)/b8-6+. The van der Waals surface area contributed by atoms with Crippen molar-refractivity contribution in [3.05, 3.63) is 41.0 Å². The first-order valence-corrected chi connectivity index (χ1v) is 6.37. The Hall–Kier alpha value is -2.63. The van der Waals surface area contributed by atoms with Gasteiger partial charge in [0.25, 0.3) is 0 Å². The van der Waals surface area contributed by atoms with Crippen LogP contribution in [0.4, 0.5) is 0 Å². The molecule has 0 saturated heterocycles. The van der Waals surface area contributed by atoms with Crippen LogP contribution >= 0.6 is 0 Å². The van der Waals surface area contributed by atoms with E-state index >= 15 is 0 Å². The van der Waals surface area contributed by atoms with Crippen LogP contribution in [-0.2, 0) is 20.7 Å². The Morgan fingerprint density at radius 2 is 1.95 bits per heavy atom. The Kier molecular flexibility index (Phi) is 6.13. The first kappa shape index (κ1) is 16.4. The highest BCUT2D eigenvalue weighted by Gasteiger charge is 2.12. The molecule has 1 rings (SSSR count).